The molecule has 1 aromatic rings. The van der Waals surface area contributed by atoms with Crippen LogP contribution in [0, 0.1) is 5.92 Å². The molecule has 3 atom stereocenters. The molecular formula is C16H22O5. The first kappa shape index (κ1) is 15.8. The monoisotopic (exact) mass is 294 g/mol. The van der Waals surface area contributed by atoms with Crippen molar-refractivity contribution in [3.63, 3.8) is 0 Å². The fourth-order valence-electron chi connectivity index (χ4n) is 3.05. The number of methoxy groups -OCH3 is 2. The van der Waals surface area contributed by atoms with Crippen LogP contribution in [0.25, 0.3) is 0 Å². The summed E-state index contributed by atoms with van der Waals surface area (Å²) >= 11 is 0. The van der Waals surface area contributed by atoms with E-state index < -0.39 is 23.6 Å². The van der Waals surface area contributed by atoms with Crippen LogP contribution in [0.2, 0.25) is 0 Å². The second-order valence-corrected chi connectivity index (χ2v) is 5.49. The summed E-state index contributed by atoms with van der Waals surface area (Å²) in [5.74, 6) is -0.496. The van der Waals surface area contributed by atoms with Gasteiger partial charge >= 0.3 is 5.97 Å². The van der Waals surface area contributed by atoms with Crippen molar-refractivity contribution in [2.45, 2.75) is 37.4 Å². The fourth-order valence-corrected chi connectivity index (χ4v) is 3.05. The van der Waals surface area contributed by atoms with E-state index in [4.69, 9.17) is 9.47 Å². The lowest BCUT2D eigenvalue weighted by Gasteiger charge is -2.41. The summed E-state index contributed by atoms with van der Waals surface area (Å²) in [4.78, 5) is 11.9. The molecule has 1 fully saturated rings. The first-order valence-corrected chi connectivity index (χ1v) is 7.15. The van der Waals surface area contributed by atoms with Crippen molar-refractivity contribution in [2.24, 2.45) is 5.92 Å². The van der Waals surface area contributed by atoms with Crippen molar-refractivity contribution >= 4 is 5.97 Å². The lowest BCUT2D eigenvalue weighted by atomic mass is 9.70. The Morgan fingerprint density at radius 1 is 1.29 bits per heavy atom. The maximum atomic E-state index is 11.9. The normalized spacial score (nSPS) is 27.0. The smallest absolute Gasteiger partial charge is 0.311 e. The van der Waals surface area contributed by atoms with Gasteiger partial charge in [-0.05, 0) is 30.5 Å². The Morgan fingerprint density at radius 3 is 2.52 bits per heavy atom. The lowest BCUT2D eigenvalue weighted by molar-refractivity contribution is -0.176. The summed E-state index contributed by atoms with van der Waals surface area (Å²) in [6, 6.07) is 6.84. The van der Waals surface area contributed by atoms with Gasteiger partial charge in [-0.15, -0.1) is 0 Å². The van der Waals surface area contributed by atoms with Gasteiger partial charge < -0.3 is 19.7 Å². The first-order chi connectivity index (χ1) is 10.0. The number of ether oxygens (including phenoxy) is 2. The lowest BCUT2D eigenvalue weighted by Crippen LogP contribution is -2.49. The molecule has 2 rings (SSSR count). The number of esters is 1. The molecule has 2 N–H and O–H groups in total. The molecule has 0 saturated heterocycles. The number of hydrogen-bond donors (Lipinski definition) is 2. The third-order valence-electron chi connectivity index (χ3n) is 4.31. The zero-order chi connectivity index (χ0) is 15.5. The molecule has 5 nitrogen and oxygen atoms in total. The van der Waals surface area contributed by atoms with Gasteiger partial charge in [-0.2, -0.15) is 0 Å². The van der Waals surface area contributed by atoms with Crippen LogP contribution in [-0.4, -0.2) is 36.0 Å². The van der Waals surface area contributed by atoms with E-state index in [2.05, 4.69) is 0 Å². The molecule has 3 unspecified atom stereocenters. The van der Waals surface area contributed by atoms with E-state index in [0.29, 0.717) is 24.2 Å². The Hall–Kier alpha value is -1.59. The minimum Gasteiger partial charge on any atom is -0.497 e. The highest BCUT2D eigenvalue weighted by atomic mass is 16.5. The number of hydrogen-bond acceptors (Lipinski definition) is 5. The highest BCUT2D eigenvalue weighted by Crippen LogP contribution is 2.43. The third-order valence-corrected chi connectivity index (χ3v) is 4.31. The molecule has 0 heterocycles. The molecule has 0 amide bonds. The van der Waals surface area contributed by atoms with Crippen LogP contribution < -0.4 is 4.74 Å². The predicted octanol–water partition coefficient (Wildman–Crippen LogP) is 1.82. The van der Waals surface area contributed by atoms with Crippen molar-refractivity contribution in [3.8, 4) is 5.75 Å². The average Bonchev–Trinajstić information content (AvgIpc) is 2.54. The van der Waals surface area contributed by atoms with Gasteiger partial charge in [0.25, 0.3) is 0 Å². The molecule has 1 aliphatic rings. The summed E-state index contributed by atoms with van der Waals surface area (Å²) in [7, 11) is 2.87. The summed E-state index contributed by atoms with van der Waals surface area (Å²) < 4.78 is 9.86. The summed E-state index contributed by atoms with van der Waals surface area (Å²) in [6.45, 7) is 0. The van der Waals surface area contributed by atoms with Gasteiger partial charge in [0.2, 0.25) is 0 Å². The number of benzene rings is 1. The zero-order valence-corrected chi connectivity index (χ0v) is 12.4. The van der Waals surface area contributed by atoms with Crippen LogP contribution in [0.1, 0.15) is 37.4 Å². The molecule has 1 aromatic carbocycles. The number of carbonyl (C=O) groups excluding carboxylic acids is 1. The topological polar surface area (TPSA) is 76.0 Å². The van der Waals surface area contributed by atoms with Gasteiger partial charge in [0.1, 0.15) is 17.5 Å². The number of carbonyl (C=O) groups is 1. The van der Waals surface area contributed by atoms with Crippen LogP contribution in [0.5, 0.6) is 5.75 Å². The maximum Gasteiger partial charge on any atom is 0.311 e. The number of aliphatic hydroxyl groups is 2. The van der Waals surface area contributed by atoms with Gasteiger partial charge in [-0.25, -0.2) is 0 Å². The molecule has 21 heavy (non-hydrogen) atoms. The Morgan fingerprint density at radius 2 is 1.95 bits per heavy atom. The van der Waals surface area contributed by atoms with Gasteiger partial charge in [-0.1, -0.05) is 25.0 Å². The minimum absolute atomic E-state index is 0.375. The van der Waals surface area contributed by atoms with E-state index in [-0.39, 0.29) is 0 Å². The Balaban J connectivity index is 2.27. The molecule has 5 heteroatoms. The molecule has 116 valence electrons. The summed E-state index contributed by atoms with van der Waals surface area (Å²) in [5, 5.41) is 21.5. The van der Waals surface area contributed by atoms with Crippen LogP contribution in [-0.2, 0) is 9.53 Å². The maximum absolute atomic E-state index is 11.9. The molecule has 0 spiro atoms. The second kappa shape index (κ2) is 6.45. The van der Waals surface area contributed by atoms with E-state index in [1.807, 2.05) is 0 Å². The first-order valence-electron chi connectivity index (χ1n) is 7.15. The average molecular weight is 294 g/mol. The molecule has 1 saturated carbocycles. The zero-order valence-electron chi connectivity index (χ0n) is 12.4. The van der Waals surface area contributed by atoms with Crippen molar-refractivity contribution in [3.05, 3.63) is 29.8 Å². The van der Waals surface area contributed by atoms with E-state index in [9.17, 15) is 15.0 Å². The van der Waals surface area contributed by atoms with Crippen molar-refractivity contribution in [1.29, 1.82) is 0 Å². The van der Waals surface area contributed by atoms with Crippen LogP contribution >= 0.6 is 0 Å². The van der Waals surface area contributed by atoms with Gasteiger partial charge in [0.15, 0.2) is 0 Å². The van der Waals surface area contributed by atoms with Gasteiger partial charge in [0, 0.05) is 0 Å². The van der Waals surface area contributed by atoms with Crippen molar-refractivity contribution in [2.75, 3.05) is 14.2 Å². The highest BCUT2D eigenvalue weighted by molar-refractivity contribution is 5.74. The molecule has 0 radical (unpaired) electrons. The minimum atomic E-state index is -1.49. The molecule has 0 aliphatic heterocycles. The van der Waals surface area contributed by atoms with E-state index in [1.165, 1.54) is 7.11 Å². The van der Waals surface area contributed by atoms with E-state index in [0.717, 1.165) is 12.8 Å². The van der Waals surface area contributed by atoms with Gasteiger partial charge in [-0.3, -0.25) is 4.79 Å². The number of aliphatic hydroxyl groups excluding tert-OH is 1. The van der Waals surface area contributed by atoms with Crippen molar-refractivity contribution in [1.82, 2.24) is 0 Å². The largest absolute Gasteiger partial charge is 0.497 e. The van der Waals surface area contributed by atoms with Crippen LogP contribution in [0.3, 0.4) is 0 Å². The molecule has 1 aliphatic carbocycles. The molecule has 0 bridgehead atoms. The van der Waals surface area contributed by atoms with Gasteiger partial charge in [0.05, 0.1) is 20.1 Å². The summed E-state index contributed by atoms with van der Waals surface area (Å²) in [6.07, 6.45) is 1.39. The fraction of sp³-hybridized carbons (Fsp3) is 0.562. The quantitative estimate of drug-likeness (QED) is 0.828. The van der Waals surface area contributed by atoms with E-state index in [1.54, 1.807) is 31.4 Å². The highest BCUT2D eigenvalue weighted by Gasteiger charge is 2.49. The third kappa shape index (κ3) is 3.04. The van der Waals surface area contributed by atoms with Crippen LogP contribution in [0.15, 0.2) is 24.3 Å². The Kier molecular flexibility index (Phi) is 4.85. The van der Waals surface area contributed by atoms with Crippen molar-refractivity contribution < 1.29 is 24.5 Å². The Bertz CT molecular complexity index is 484. The molecular weight excluding hydrogens is 272 g/mol. The standard InChI is InChI=1S/C16H22O5/c1-20-12-8-6-11(7-9-12)14(17)16(19)10-4-3-5-13(16)15(18)21-2/h6-9,13-14,17,19H,3-5,10H2,1-2H3. The Labute approximate surface area is 124 Å². The van der Waals surface area contributed by atoms with E-state index >= 15 is 0 Å². The second-order valence-electron chi connectivity index (χ2n) is 5.49. The molecule has 0 aromatic heterocycles. The number of rotatable bonds is 4. The SMILES string of the molecule is COC(=O)C1CCCCC1(O)C(O)c1ccc(OC)cc1. The summed E-state index contributed by atoms with van der Waals surface area (Å²) in [5.41, 5.74) is -0.922. The predicted molar refractivity (Wildman–Crippen MR) is 76.9 cm³/mol. The van der Waals surface area contributed by atoms with Crippen LogP contribution in [0.4, 0.5) is 0 Å².